The van der Waals surface area contributed by atoms with E-state index in [1.165, 1.54) is 6.92 Å². The first-order valence-corrected chi connectivity index (χ1v) is 7.43. The Morgan fingerprint density at radius 2 is 2.04 bits per heavy atom. The predicted octanol–water partition coefficient (Wildman–Crippen LogP) is 4.16. The Hall–Kier alpha value is -2.20. The average molecular weight is 359 g/mol. The molecular formula is C21H28O4. The molecule has 1 atom stereocenters. The molecule has 0 heterocycles. The van der Waals surface area contributed by atoms with E-state index >= 15 is 0 Å². The standard InChI is InChI=1S/C21H28O4/c1-16-7-6-10-19(13-16)25-15-18(22)9-5-4-8-17-11-12-20(23-2)21(14-17)24-3/h6-7,10-14,18,22H,4-5,8-9,15H2,1-3H3/i2D3,6D,7D,8D2,9D2,10D,11D,12D,13D,14D. The molecular weight excluding hydrogens is 316 g/mol. The summed E-state index contributed by atoms with van der Waals surface area (Å²) in [5.41, 5.74) is -0.594. The molecule has 0 saturated carbocycles. The molecule has 25 heavy (non-hydrogen) atoms. The Kier molecular flexibility index (Phi) is 3.02. The monoisotopic (exact) mass is 358 g/mol. The first-order valence-electron chi connectivity index (χ1n) is 14.4. The minimum Gasteiger partial charge on any atom is -0.493 e. The molecule has 2 aromatic carbocycles. The van der Waals surface area contributed by atoms with Crippen LogP contribution in [0.25, 0.3) is 0 Å². The lowest BCUT2D eigenvalue weighted by Crippen LogP contribution is -2.17. The summed E-state index contributed by atoms with van der Waals surface area (Å²) in [6, 6.07) is -4.20. The summed E-state index contributed by atoms with van der Waals surface area (Å²) in [5, 5.41) is 10.4. The minimum atomic E-state index is -3.04. The van der Waals surface area contributed by atoms with Crippen LogP contribution in [0.5, 0.6) is 17.2 Å². The van der Waals surface area contributed by atoms with E-state index in [2.05, 4.69) is 0 Å². The molecule has 0 aliphatic carbocycles. The molecule has 0 amide bonds. The van der Waals surface area contributed by atoms with E-state index in [9.17, 15) is 5.11 Å². The van der Waals surface area contributed by atoms with Crippen LogP contribution in [0.15, 0.2) is 42.3 Å². The summed E-state index contributed by atoms with van der Waals surface area (Å²) in [5.74, 6) is -1.73. The molecule has 0 aromatic heterocycles. The number of hydrogen-bond acceptors (Lipinski definition) is 4. The second-order valence-corrected chi connectivity index (χ2v) is 4.88. The molecule has 2 aromatic rings. The molecule has 136 valence electrons. The summed E-state index contributed by atoms with van der Waals surface area (Å²) in [4.78, 5) is 0. The number of rotatable bonds is 10. The third-order valence-electron chi connectivity index (χ3n) is 2.97. The fraction of sp³-hybridized carbons (Fsp3) is 0.429. The van der Waals surface area contributed by atoms with Crippen molar-refractivity contribution < 1.29 is 38.5 Å². The summed E-state index contributed by atoms with van der Waals surface area (Å²) >= 11 is 0. The summed E-state index contributed by atoms with van der Waals surface area (Å²) in [7, 11) is -1.99. The highest BCUT2D eigenvalue weighted by atomic mass is 16.5. The van der Waals surface area contributed by atoms with Gasteiger partial charge in [-0.05, 0) is 61.4 Å². The number of hydrogen-bond donors (Lipinski definition) is 1. The van der Waals surface area contributed by atoms with E-state index in [0.29, 0.717) is 0 Å². The van der Waals surface area contributed by atoms with Crippen LogP contribution in [0.4, 0.5) is 0 Å². The van der Waals surface area contributed by atoms with Crippen LogP contribution in [0.3, 0.4) is 0 Å². The maximum absolute atomic E-state index is 10.4. The van der Waals surface area contributed by atoms with Gasteiger partial charge < -0.3 is 19.3 Å². The first kappa shape index (κ1) is 7.58. The largest absolute Gasteiger partial charge is 0.493 e. The van der Waals surface area contributed by atoms with Gasteiger partial charge in [0.1, 0.15) is 12.4 Å². The van der Waals surface area contributed by atoms with Crippen LogP contribution in [-0.2, 0) is 6.37 Å². The Labute approximate surface area is 170 Å². The van der Waals surface area contributed by atoms with Gasteiger partial charge in [-0.1, -0.05) is 24.5 Å². The molecule has 0 aliphatic heterocycles. The van der Waals surface area contributed by atoms with Gasteiger partial charge in [-0.2, -0.15) is 0 Å². The van der Waals surface area contributed by atoms with Crippen molar-refractivity contribution in [2.45, 2.75) is 38.6 Å². The lowest BCUT2D eigenvalue weighted by molar-refractivity contribution is 0.0976. The number of methoxy groups -OCH3 is 2. The van der Waals surface area contributed by atoms with Gasteiger partial charge in [0.05, 0.1) is 34.0 Å². The zero-order chi connectivity index (χ0) is 30.2. The second-order valence-electron chi connectivity index (χ2n) is 4.88. The molecule has 0 bridgehead atoms. The zero-order valence-electron chi connectivity index (χ0n) is 27.9. The highest BCUT2D eigenvalue weighted by Crippen LogP contribution is 2.28. The lowest BCUT2D eigenvalue weighted by Gasteiger charge is -2.13. The fourth-order valence-electron chi connectivity index (χ4n) is 1.82. The smallest absolute Gasteiger partial charge is 0.160 e. The van der Waals surface area contributed by atoms with Crippen LogP contribution in [0.1, 0.15) is 49.5 Å². The summed E-state index contributed by atoms with van der Waals surface area (Å²) in [6.45, 7) is 0.621. The van der Waals surface area contributed by atoms with Gasteiger partial charge in [0.15, 0.2) is 11.5 Å². The lowest BCUT2D eigenvalue weighted by atomic mass is 10.0. The summed E-state index contributed by atoms with van der Waals surface area (Å²) in [6.07, 6.45) is -8.35. The van der Waals surface area contributed by atoms with Gasteiger partial charge in [-0.3, -0.25) is 0 Å². The topological polar surface area (TPSA) is 47.9 Å². The zero-order valence-corrected chi connectivity index (χ0v) is 13.9. The van der Waals surface area contributed by atoms with Crippen molar-refractivity contribution in [1.82, 2.24) is 0 Å². The molecule has 0 spiro atoms. The number of aliphatic hydroxyl groups excluding tert-OH is 1. The van der Waals surface area contributed by atoms with Crippen molar-refractivity contribution in [2.24, 2.45) is 0 Å². The molecule has 1 unspecified atom stereocenters. The van der Waals surface area contributed by atoms with E-state index in [-0.39, 0.29) is 17.6 Å². The van der Waals surface area contributed by atoms with Crippen LogP contribution >= 0.6 is 0 Å². The number of ether oxygens (including phenoxy) is 3. The Bertz CT molecular complexity index is 1200. The molecule has 0 fully saturated rings. The van der Waals surface area contributed by atoms with Crippen LogP contribution < -0.4 is 14.2 Å². The molecule has 2 rings (SSSR count). The summed E-state index contributed by atoms with van der Waals surface area (Å²) < 4.78 is 126. The van der Waals surface area contributed by atoms with Crippen LogP contribution in [0.2, 0.25) is 0 Å². The average Bonchev–Trinajstić information content (AvgIpc) is 2.82. The highest BCUT2D eigenvalue weighted by molar-refractivity contribution is 5.42. The van der Waals surface area contributed by atoms with Crippen molar-refractivity contribution in [2.75, 3.05) is 20.8 Å². The predicted molar refractivity (Wildman–Crippen MR) is 99.8 cm³/mol. The first-order chi connectivity index (χ1) is 17.7. The quantitative estimate of drug-likeness (QED) is 0.693. The Morgan fingerprint density at radius 1 is 1.16 bits per heavy atom. The van der Waals surface area contributed by atoms with E-state index < -0.39 is 98.4 Å². The van der Waals surface area contributed by atoms with Gasteiger partial charge >= 0.3 is 0 Å². The van der Waals surface area contributed by atoms with Gasteiger partial charge in [0, 0.05) is 5.48 Å². The molecule has 0 saturated heterocycles. The van der Waals surface area contributed by atoms with Crippen molar-refractivity contribution in [3.63, 3.8) is 0 Å². The number of benzene rings is 2. The van der Waals surface area contributed by atoms with E-state index in [1.807, 2.05) is 0 Å². The van der Waals surface area contributed by atoms with E-state index in [0.717, 1.165) is 7.11 Å². The number of aliphatic hydroxyl groups is 1. The molecule has 0 aliphatic rings. The molecule has 1 N–H and O–H groups in total. The van der Waals surface area contributed by atoms with Crippen LogP contribution in [-0.4, -0.2) is 32.0 Å². The third-order valence-corrected chi connectivity index (χ3v) is 2.97. The highest BCUT2D eigenvalue weighted by Gasteiger charge is 2.07. The van der Waals surface area contributed by atoms with Crippen LogP contribution in [0, 0.1) is 6.92 Å². The third kappa shape index (κ3) is 6.31. The SMILES string of the molecule is [2H]c1c([2H])c(C)c([2H])c(OCC(O)C([2H])([2H])CCC([2H])([2H])c2c([2H])c([2H])c(OC([2H])([2H])[2H])c(OC)c2[2H])c1[2H]. The van der Waals surface area contributed by atoms with E-state index in [4.69, 9.17) is 33.4 Å². The second kappa shape index (κ2) is 9.94. The van der Waals surface area contributed by atoms with Crippen molar-refractivity contribution in [1.29, 1.82) is 0 Å². The van der Waals surface area contributed by atoms with Crippen molar-refractivity contribution in [3.05, 3.63) is 53.4 Å². The van der Waals surface area contributed by atoms with Gasteiger partial charge in [0.25, 0.3) is 0 Å². The van der Waals surface area contributed by atoms with Crippen molar-refractivity contribution >= 4 is 0 Å². The Morgan fingerprint density at radius 3 is 2.84 bits per heavy atom. The normalized spacial score (nSPS) is 21.6. The van der Waals surface area contributed by atoms with Gasteiger partial charge in [0.2, 0.25) is 0 Å². The van der Waals surface area contributed by atoms with Gasteiger partial charge in [-0.15, -0.1) is 0 Å². The van der Waals surface area contributed by atoms with E-state index in [1.54, 1.807) is 0 Å². The molecule has 4 heteroatoms. The Balaban J connectivity index is 2.29. The fourth-order valence-corrected chi connectivity index (χ4v) is 1.82. The van der Waals surface area contributed by atoms with Gasteiger partial charge in [-0.25, -0.2) is 0 Å². The maximum atomic E-state index is 10.4. The maximum Gasteiger partial charge on any atom is 0.160 e. The minimum absolute atomic E-state index is 0.0635. The molecule has 0 radical (unpaired) electrons. The molecule has 4 nitrogen and oxygen atoms in total. The van der Waals surface area contributed by atoms with Crippen molar-refractivity contribution in [3.8, 4) is 17.2 Å².